The molecule has 2 fully saturated rings. The summed E-state index contributed by atoms with van der Waals surface area (Å²) >= 11 is 1.42. The van der Waals surface area contributed by atoms with Crippen LogP contribution in [0.3, 0.4) is 0 Å². The van der Waals surface area contributed by atoms with Gasteiger partial charge in [0.15, 0.2) is 0 Å². The summed E-state index contributed by atoms with van der Waals surface area (Å²) in [6.07, 6.45) is 5.45. The lowest BCUT2D eigenvalue weighted by Crippen LogP contribution is -2.41. The van der Waals surface area contributed by atoms with Crippen molar-refractivity contribution in [2.45, 2.75) is 57.2 Å². The maximum Gasteiger partial charge on any atom is 0.304 e. The Morgan fingerprint density at radius 2 is 2.05 bits per heavy atom. The molecule has 2 aliphatic rings. The maximum absolute atomic E-state index is 11.9. The monoisotopic (exact) mass is 299 g/mol. The molecule has 5 heteroatoms. The van der Waals surface area contributed by atoms with E-state index in [0.29, 0.717) is 11.7 Å². The molecule has 2 N–H and O–H groups in total. The van der Waals surface area contributed by atoms with E-state index in [9.17, 15) is 9.59 Å². The summed E-state index contributed by atoms with van der Waals surface area (Å²) in [4.78, 5) is 22.5. The molecule has 1 amide bonds. The zero-order chi connectivity index (χ0) is 14.7. The molecule has 2 bridgehead atoms. The number of nitrogens with one attached hydrogen (secondary N) is 1. The minimum Gasteiger partial charge on any atom is -0.481 e. The van der Waals surface area contributed by atoms with Gasteiger partial charge < -0.3 is 10.4 Å². The van der Waals surface area contributed by atoms with Gasteiger partial charge in [0, 0.05) is 11.3 Å². The topological polar surface area (TPSA) is 66.4 Å². The van der Waals surface area contributed by atoms with Gasteiger partial charge in [-0.2, -0.15) is 0 Å². The van der Waals surface area contributed by atoms with Gasteiger partial charge in [0.2, 0.25) is 5.91 Å². The Balaban J connectivity index is 1.67. The van der Waals surface area contributed by atoms with E-state index in [0.717, 1.165) is 11.8 Å². The van der Waals surface area contributed by atoms with Crippen LogP contribution in [-0.2, 0) is 9.59 Å². The molecule has 2 saturated carbocycles. The number of hydrogen-bond donors (Lipinski definition) is 2. The third-order valence-electron chi connectivity index (χ3n) is 4.78. The highest BCUT2D eigenvalue weighted by Gasteiger charge is 2.42. The Labute approximate surface area is 125 Å². The standard InChI is InChI=1S/C15H25NO3S/c1-9(5-15(18)19)20-8-14(17)16-10(2)13-7-11-3-4-12(13)6-11/h9-13H,3-8H2,1-2H3,(H,16,17)(H,18,19). The van der Waals surface area contributed by atoms with E-state index in [4.69, 9.17) is 5.11 Å². The summed E-state index contributed by atoms with van der Waals surface area (Å²) in [6.45, 7) is 3.97. The molecule has 0 aromatic rings. The number of fused-ring (bicyclic) bond motifs is 2. The van der Waals surface area contributed by atoms with Crippen LogP contribution in [0.4, 0.5) is 0 Å². The van der Waals surface area contributed by atoms with Gasteiger partial charge in [-0.3, -0.25) is 9.59 Å². The molecule has 2 aliphatic carbocycles. The fraction of sp³-hybridized carbons (Fsp3) is 0.867. The molecule has 0 aliphatic heterocycles. The van der Waals surface area contributed by atoms with Crippen LogP contribution < -0.4 is 5.32 Å². The van der Waals surface area contributed by atoms with Crippen molar-refractivity contribution in [2.75, 3.05) is 5.75 Å². The number of carbonyl (C=O) groups excluding carboxylic acids is 1. The summed E-state index contributed by atoms with van der Waals surface area (Å²) in [6, 6.07) is 0.258. The quantitative estimate of drug-likeness (QED) is 0.758. The molecule has 2 rings (SSSR count). The molecular formula is C15H25NO3S. The lowest BCUT2D eigenvalue weighted by Gasteiger charge is -2.28. The minimum atomic E-state index is -0.805. The van der Waals surface area contributed by atoms with E-state index in [1.54, 1.807) is 0 Å². The maximum atomic E-state index is 11.9. The van der Waals surface area contributed by atoms with Crippen molar-refractivity contribution in [1.82, 2.24) is 5.32 Å². The highest BCUT2D eigenvalue weighted by atomic mass is 32.2. The Morgan fingerprint density at radius 1 is 1.30 bits per heavy atom. The first kappa shape index (κ1) is 15.7. The zero-order valence-corrected chi connectivity index (χ0v) is 13.1. The molecule has 0 aromatic heterocycles. The van der Waals surface area contributed by atoms with Crippen LogP contribution in [0.1, 0.15) is 46.0 Å². The molecule has 5 unspecified atom stereocenters. The van der Waals surface area contributed by atoms with E-state index in [1.165, 1.54) is 37.4 Å². The molecule has 0 heterocycles. The predicted octanol–water partition coefficient (Wildman–Crippen LogP) is 2.52. The molecule has 5 atom stereocenters. The molecule has 114 valence electrons. The van der Waals surface area contributed by atoms with E-state index in [1.807, 2.05) is 6.92 Å². The number of thioether (sulfide) groups is 1. The smallest absolute Gasteiger partial charge is 0.304 e. The van der Waals surface area contributed by atoms with Gasteiger partial charge in [0.05, 0.1) is 12.2 Å². The molecule has 0 radical (unpaired) electrons. The number of carbonyl (C=O) groups is 2. The highest BCUT2D eigenvalue weighted by molar-refractivity contribution is 8.00. The van der Waals surface area contributed by atoms with Gasteiger partial charge in [-0.15, -0.1) is 11.8 Å². The summed E-state index contributed by atoms with van der Waals surface area (Å²) in [7, 11) is 0. The zero-order valence-electron chi connectivity index (χ0n) is 12.3. The van der Waals surface area contributed by atoms with Crippen LogP contribution in [-0.4, -0.2) is 34.0 Å². The highest BCUT2D eigenvalue weighted by Crippen LogP contribution is 2.49. The fourth-order valence-electron chi connectivity index (χ4n) is 3.83. The van der Waals surface area contributed by atoms with Crippen molar-refractivity contribution in [1.29, 1.82) is 0 Å². The largest absolute Gasteiger partial charge is 0.481 e. The summed E-state index contributed by atoms with van der Waals surface area (Å²) in [5, 5.41) is 11.8. The normalized spacial score (nSPS) is 31.0. The van der Waals surface area contributed by atoms with Crippen molar-refractivity contribution in [2.24, 2.45) is 17.8 Å². The third-order valence-corrected chi connectivity index (χ3v) is 5.95. The van der Waals surface area contributed by atoms with Gasteiger partial charge in [0.25, 0.3) is 0 Å². The first-order valence-electron chi connectivity index (χ1n) is 7.58. The second-order valence-electron chi connectivity index (χ2n) is 6.41. The van der Waals surface area contributed by atoms with Crippen LogP contribution in [0.15, 0.2) is 0 Å². The Hall–Kier alpha value is -0.710. The minimum absolute atomic E-state index is 0.0175. The number of aliphatic carboxylic acids is 1. The average molecular weight is 299 g/mol. The van der Waals surface area contributed by atoms with Gasteiger partial charge in [-0.1, -0.05) is 13.3 Å². The number of hydrogen-bond acceptors (Lipinski definition) is 3. The second kappa shape index (κ2) is 6.83. The number of carboxylic acids is 1. The van der Waals surface area contributed by atoms with Gasteiger partial charge >= 0.3 is 5.97 Å². The molecular weight excluding hydrogens is 274 g/mol. The van der Waals surface area contributed by atoms with E-state index >= 15 is 0 Å². The summed E-state index contributed by atoms with van der Waals surface area (Å²) in [5.74, 6) is 1.96. The van der Waals surface area contributed by atoms with Crippen LogP contribution in [0.5, 0.6) is 0 Å². The number of carboxylic acid groups (broad SMARTS) is 1. The van der Waals surface area contributed by atoms with Gasteiger partial charge in [-0.25, -0.2) is 0 Å². The lowest BCUT2D eigenvalue weighted by atomic mass is 9.84. The van der Waals surface area contributed by atoms with E-state index in [-0.39, 0.29) is 23.6 Å². The average Bonchev–Trinajstić information content (AvgIpc) is 2.97. The summed E-state index contributed by atoms with van der Waals surface area (Å²) < 4.78 is 0. The fourth-order valence-corrected chi connectivity index (χ4v) is 4.61. The SMILES string of the molecule is CC(CC(=O)O)SCC(=O)NC(C)C1CC2CCC1C2. The molecule has 0 aromatic carbocycles. The molecule has 0 spiro atoms. The van der Waals surface area contributed by atoms with Crippen molar-refractivity contribution in [3.05, 3.63) is 0 Å². The van der Waals surface area contributed by atoms with Crippen molar-refractivity contribution >= 4 is 23.6 Å². The van der Waals surface area contributed by atoms with Gasteiger partial charge in [0.1, 0.15) is 0 Å². The van der Waals surface area contributed by atoms with Gasteiger partial charge in [-0.05, 0) is 43.9 Å². The van der Waals surface area contributed by atoms with Crippen LogP contribution in [0, 0.1) is 17.8 Å². The second-order valence-corrected chi connectivity index (χ2v) is 7.84. The van der Waals surface area contributed by atoms with Crippen LogP contribution >= 0.6 is 11.8 Å². The van der Waals surface area contributed by atoms with Crippen molar-refractivity contribution in [3.63, 3.8) is 0 Å². The Morgan fingerprint density at radius 3 is 2.60 bits per heavy atom. The van der Waals surface area contributed by atoms with E-state index in [2.05, 4.69) is 12.2 Å². The first-order chi connectivity index (χ1) is 9.45. The Bertz CT molecular complexity index is 374. The third kappa shape index (κ3) is 4.14. The van der Waals surface area contributed by atoms with Crippen LogP contribution in [0.25, 0.3) is 0 Å². The lowest BCUT2D eigenvalue weighted by molar-refractivity contribution is -0.136. The number of rotatable bonds is 7. The van der Waals surface area contributed by atoms with E-state index < -0.39 is 5.97 Å². The van der Waals surface area contributed by atoms with Crippen LogP contribution in [0.2, 0.25) is 0 Å². The predicted molar refractivity (Wildman–Crippen MR) is 80.7 cm³/mol. The van der Waals surface area contributed by atoms with Crippen molar-refractivity contribution in [3.8, 4) is 0 Å². The molecule has 20 heavy (non-hydrogen) atoms. The summed E-state index contributed by atoms with van der Waals surface area (Å²) in [5.41, 5.74) is 0. The molecule has 4 nitrogen and oxygen atoms in total. The molecule has 0 saturated heterocycles. The number of amides is 1. The first-order valence-corrected chi connectivity index (χ1v) is 8.63. The Kier molecular flexibility index (Phi) is 5.35. The van der Waals surface area contributed by atoms with Crippen molar-refractivity contribution < 1.29 is 14.7 Å².